The summed E-state index contributed by atoms with van der Waals surface area (Å²) in [4.78, 5) is 3.71. The molecular weight excluding hydrogens is 327 g/mol. The summed E-state index contributed by atoms with van der Waals surface area (Å²) in [5, 5.41) is 3.35. The van der Waals surface area contributed by atoms with Crippen LogP contribution in [0, 0.1) is 5.92 Å². The molecule has 7 heteroatoms. The van der Waals surface area contributed by atoms with Gasteiger partial charge in [0.25, 0.3) is 0 Å². The second-order valence-electron chi connectivity index (χ2n) is 6.16. The van der Waals surface area contributed by atoms with Crippen LogP contribution in [-0.2, 0) is 0 Å². The Bertz CT molecular complexity index is 504. The van der Waals surface area contributed by atoms with E-state index in [-0.39, 0.29) is 12.4 Å². The molecule has 0 aromatic heterocycles. The Balaban J connectivity index is 0.00000192. The van der Waals surface area contributed by atoms with Crippen molar-refractivity contribution in [2.24, 2.45) is 5.92 Å². The van der Waals surface area contributed by atoms with E-state index in [0.29, 0.717) is 24.7 Å². The van der Waals surface area contributed by atoms with Gasteiger partial charge in [0.05, 0.1) is 11.4 Å². The molecule has 3 rings (SSSR count). The molecule has 0 radical (unpaired) electrons. The fourth-order valence-corrected chi connectivity index (χ4v) is 3.43. The second-order valence-corrected chi connectivity index (χ2v) is 6.16. The highest BCUT2D eigenvalue weighted by molar-refractivity contribution is 5.85. The highest BCUT2D eigenvalue weighted by Gasteiger charge is 2.34. The summed E-state index contributed by atoms with van der Waals surface area (Å²) in [7, 11) is 0. The molecule has 0 aliphatic carbocycles. The maximum absolute atomic E-state index is 12.7. The van der Waals surface area contributed by atoms with E-state index in [0.717, 1.165) is 38.2 Å². The lowest BCUT2D eigenvalue weighted by Gasteiger charge is -2.41. The van der Waals surface area contributed by atoms with Gasteiger partial charge in [0.2, 0.25) is 0 Å². The van der Waals surface area contributed by atoms with E-state index < -0.39 is 12.7 Å². The Labute approximate surface area is 141 Å². The third-order valence-electron chi connectivity index (χ3n) is 4.51. The smallest absolute Gasteiger partial charge is 0.368 e. The van der Waals surface area contributed by atoms with Gasteiger partial charge >= 0.3 is 6.18 Å². The monoisotopic (exact) mass is 349 g/mol. The average Bonchev–Trinajstić information content (AvgIpc) is 2.50. The summed E-state index contributed by atoms with van der Waals surface area (Å²) < 4.78 is 38.2. The molecule has 1 N–H and O–H groups in total. The van der Waals surface area contributed by atoms with Crippen LogP contribution >= 0.6 is 12.4 Å². The molecule has 0 saturated carbocycles. The molecule has 1 saturated heterocycles. The molecule has 3 nitrogen and oxygen atoms in total. The van der Waals surface area contributed by atoms with Crippen LogP contribution in [0.25, 0.3) is 0 Å². The Kier molecular flexibility index (Phi) is 6.03. The number of hydrogen-bond acceptors (Lipinski definition) is 3. The number of benzene rings is 1. The Morgan fingerprint density at radius 2 is 1.57 bits per heavy atom. The summed E-state index contributed by atoms with van der Waals surface area (Å²) in [6, 6.07) is 7.47. The quantitative estimate of drug-likeness (QED) is 0.903. The van der Waals surface area contributed by atoms with Crippen LogP contribution in [0.3, 0.4) is 0 Å². The molecule has 1 aromatic rings. The minimum Gasteiger partial charge on any atom is -0.368 e. The first kappa shape index (κ1) is 18.2. The van der Waals surface area contributed by atoms with Crippen molar-refractivity contribution in [3.8, 4) is 0 Å². The molecule has 1 aromatic carbocycles. The van der Waals surface area contributed by atoms with Crippen LogP contribution in [0.2, 0.25) is 0 Å². The highest BCUT2D eigenvalue weighted by Crippen LogP contribution is 2.35. The number of rotatable bonds is 3. The molecule has 0 unspecified atom stereocenters. The van der Waals surface area contributed by atoms with Crippen molar-refractivity contribution in [2.75, 3.05) is 49.1 Å². The van der Waals surface area contributed by atoms with Crippen molar-refractivity contribution >= 4 is 23.8 Å². The SMILES string of the molecule is Cl.FC(F)(F)CN1CCN(CC2CCNCC2)c2ccccc21. The number of fused-ring (bicyclic) bond motifs is 1. The van der Waals surface area contributed by atoms with Gasteiger partial charge in [0, 0.05) is 19.6 Å². The first-order valence-corrected chi connectivity index (χ1v) is 7.89. The van der Waals surface area contributed by atoms with Gasteiger partial charge in [-0.25, -0.2) is 0 Å². The van der Waals surface area contributed by atoms with E-state index in [2.05, 4.69) is 10.2 Å². The Morgan fingerprint density at radius 1 is 1.00 bits per heavy atom. The van der Waals surface area contributed by atoms with E-state index >= 15 is 0 Å². The minimum absolute atomic E-state index is 0. The zero-order valence-corrected chi connectivity index (χ0v) is 13.8. The normalized spacial score (nSPS) is 19.3. The fourth-order valence-electron chi connectivity index (χ4n) is 3.43. The molecule has 0 bridgehead atoms. The van der Waals surface area contributed by atoms with Gasteiger partial charge in [-0.2, -0.15) is 13.2 Å². The number of nitrogens with one attached hydrogen (secondary N) is 1. The highest BCUT2D eigenvalue weighted by atomic mass is 35.5. The van der Waals surface area contributed by atoms with E-state index in [1.807, 2.05) is 18.2 Å². The summed E-state index contributed by atoms with van der Waals surface area (Å²) in [6.07, 6.45) is -1.87. The minimum atomic E-state index is -4.16. The summed E-state index contributed by atoms with van der Waals surface area (Å²) in [5.41, 5.74) is 1.65. The van der Waals surface area contributed by atoms with Crippen LogP contribution < -0.4 is 15.1 Å². The Hall–Kier alpha value is -1.14. The lowest BCUT2D eigenvalue weighted by molar-refractivity contribution is -0.119. The van der Waals surface area contributed by atoms with Crippen LogP contribution in [0.4, 0.5) is 24.5 Å². The number of piperidine rings is 1. The number of alkyl halides is 3. The number of anilines is 2. The van der Waals surface area contributed by atoms with Gasteiger partial charge in [-0.1, -0.05) is 12.1 Å². The molecule has 0 amide bonds. The number of nitrogens with zero attached hydrogens (tertiary/aromatic N) is 2. The molecule has 23 heavy (non-hydrogen) atoms. The maximum Gasteiger partial charge on any atom is 0.405 e. The van der Waals surface area contributed by atoms with Gasteiger partial charge in [-0.05, 0) is 44.0 Å². The first-order chi connectivity index (χ1) is 10.5. The van der Waals surface area contributed by atoms with Crippen molar-refractivity contribution in [3.05, 3.63) is 24.3 Å². The zero-order valence-electron chi connectivity index (χ0n) is 13.0. The average molecular weight is 350 g/mol. The molecule has 1 fully saturated rings. The number of hydrogen-bond donors (Lipinski definition) is 1. The molecule has 0 atom stereocenters. The zero-order chi connectivity index (χ0) is 15.6. The fraction of sp³-hybridized carbons (Fsp3) is 0.625. The van der Waals surface area contributed by atoms with Crippen molar-refractivity contribution in [3.63, 3.8) is 0 Å². The second kappa shape index (κ2) is 7.62. The first-order valence-electron chi connectivity index (χ1n) is 7.89. The predicted molar refractivity (Wildman–Crippen MR) is 89.8 cm³/mol. The van der Waals surface area contributed by atoms with Crippen molar-refractivity contribution in [2.45, 2.75) is 19.0 Å². The number of para-hydroxylation sites is 2. The molecule has 2 aliphatic heterocycles. The van der Waals surface area contributed by atoms with Crippen LogP contribution in [0.15, 0.2) is 24.3 Å². The van der Waals surface area contributed by atoms with Gasteiger partial charge < -0.3 is 15.1 Å². The van der Waals surface area contributed by atoms with Gasteiger partial charge in [-0.15, -0.1) is 12.4 Å². The summed E-state index contributed by atoms with van der Waals surface area (Å²) >= 11 is 0. The maximum atomic E-state index is 12.7. The van der Waals surface area contributed by atoms with Crippen molar-refractivity contribution in [1.82, 2.24) is 5.32 Å². The van der Waals surface area contributed by atoms with E-state index in [1.54, 1.807) is 6.07 Å². The van der Waals surface area contributed by atoms with E-state index in [4.69, 9.17) is 0 Å². The third-order valence-corrected chi connectivity index (χ3v) is 4.51. The van der Waals surface area contributed by atoms with Gasteiger partial charge in [0.1, 0.15) is 6.54 Å². The summed E-state index contributed by atoms with van der Waals surface area (Å²) in [5.74, 6) is 0.628. The molecule has 2 aliphatic rings. The summed E-state index contributed by atoms with van der Waals surface area (Å²) in [6.45, 7) is 3.25. The number of halogens is 4. The lowest BCUT2D eigenvalue weighted by Crippen LogP contribution is -2.47. The van der Waals surface area contributed by atoms with E-state index in [9.17, 15) is 13.2 Å². The molecule has 0 spiro atoms. The van der Waals surface area contributed by atoms with Crippen LogP contribution in [-0.4, -0.2) is 45.4 Å². The molecular formula is C16H23ClF3N3. The van der Waals surface area contributed by atoms with Crippen LogP contribution in [0.5, 0.6) is 0 Å². The Morgan fingerprint density at radius 3 is 2.17 bits per heavy atom. The third kappa shape index (κ3) is 4.67. The predicted octanol–water partition coefficient (Wildman–Crippen LogP) is 3.30. The van der Waals surface area contributed by atoms with Gasteiger partial charge in [-0.3, -0.25) is 0 Å². The largest absolute Gasteiger partial charge is 0.405 e. The molecule has 2 heterocycles. The lowest BCUT2D eigenvalue weighted by atomic mass is 9.96. The van der Waals surface area contributed by atoms with Crippen LogP contribution in [0.1, 0.15) is 12.8 Å². The topological polar surface area (TPSA) is 18.5 Å². The standard InChI is InChI=1S/C16H22F3N3.ClH/c17-16(18,19)12-22-10-9-21(11-13-5-7-20-8-6-13)14-3-1-2-4-15(14)22;/h1-4,13,20H,5-12H2;1H. The van der Waals surface area contributed by atoms with Crippen molar-refractivity contribution in [1.29, 1.82) is 0 Å². The van der Waals surface area contributed by atoms with E-state index in [1.165, 1.54) is 4.90 Å². The van der Waals surface area contributed by atoms with Crippen molar-refractivity contribution < 1.29 is 13.2 Å². The van der Waals surface area contributed by atoms with Gasteiger partial charge in [0.15, 0.2) is 0 Å². The molecule has 130 valence electrons.